The van der Waals surface area contributed by atoms with Crippen molar-refractivity contribution >= 4 is 22.9 Å². The second-order valence-corrected chi connectivity index (χ2v) is 10.6. The molecule has 0 bridgehead atoms. The molecule has 2 aromatic carbocycles. The minimum atomic E-state index is -0.301. The highest BCUT2D eigenvalue weighted by atomic mass is 32.1. The van der Waals surface area contributed by atoms with E-state index in [1.54, 1.807) is 23.8 Å². The van der Waals surface area contributed by atoms with Crippen molar-refractivity contribution in [2.75, 3.05) is 5.73 Å². The van der Waals surface area contributed by atoms with Crippen LogP contribution in [0.4, 0.5) is 10.2 Å². The second kappa shape index (κ2) is 8.95. The lowest BCUT2D eigenvalue weighted by atomic mass is 9.80. The Kier molecular flexibility index (Phi) is 5.60. The molecule has 0 unspecified atom stereocenters. The van der Waals surface area contributed by atoms with Crippen molar-refractivity contribution in [3.63, 3.8) is 0 Å². The van der Waals surface area contributed by atoms with Crippen LogP contribution in [0.2, 0.25) is 0 Å². The number of nitrogen functional groups attached to an aromatic ring is 1. The third kappa shape index (κ3) is 4.28. The van der Waals surface area contributed by atoms with Gasteiger partial charge in [-0.1, -0.05) is 23.7 Å². The van der Waals surface area contributed by atoms with Crippen molar-refractivity contribution in [1.82, 2.24) is 18.3 Å². The first-order chi connectivity index (χ1) is 17.4. The number of rotatable bonds is 7. The van der Waals surface area contributed by atoms with Crippen LogP contribution in [0, 0.1) is 5.82 Å². The number of hydrogen-bond donors (Lipinski definition) is 1. The van der Waals surface area contributed by atoms with E-state index < -0.39 is 0 Å². The van der Waals surface area contributed by atoms with Crippen LogP contribution < -0.4 is 10.5 Å². The Morgan fingerprint density at radius 1 is 1.14 bits per heavy atom. The molecule has 5 aromatic rings. The van der Waals surface area contributed by atoms with Gasteiger partial charge in [-0.25, -0.2) is 14.4 Å². The van der Waals surface area contributed by atoms with Gasteiger partial charge in [0.25, 0.3) is 0 Å². The summed E-state index contributed by atoms with van der Waals surface area (Å²) in [5.41, 5.74) is 10.9. The summed E-state index contributed by atoms with van der Waals surface area (Å²) in [6, 6.07) is 12.5. The molecule has 8 heteroatoms. The first-order valence-electron chi connectivity index (χ1n) is 11.9. The number of hydrogen-bond acceptors (Lipinski definition) is 5. The SMILES string of the molecule is C=C1CC(c2nc(-c3ccc(Oc4cc(F)cc(CCc5cn(C)s5)c4)cc3)c3c(N)nccn23)C1. The number of allylic oxidation sites excluding steroid dienone is 1. The van der Waals surface area contributed by atoms with Crippen LogP contribution in [0.1, 0.15) is 35.0 Å². The lowest BCUT2D eigenvalue weighted by molar-refractivity contribution is 0.475. The van der Waals surface area contributed by atoms with Crippen LogP contribution in [0.15, 0.2) is 73.2 Å². The molecule has 0 radical (unpaired) electrons. The lowest BCUT2D eigenvalue weighted by Gasteiger charge is -2.27. The molecule has 0 atom stereocenters. The van der Waals surface area contributed by atoms with Gasteiger partial charge in [0, 0.05) is 48.1 Å². The molecule has 3 aromatic heterocycles. The molecule has 0 saturated heterocycles. The summed E-state index contributed by atoms with van der Waals surface area (Å²) < 4.78 is 24.4. The number of nitrogens with zero attached hydrogens (tertiary/aromatic N) is 4. The van der Waals surface area contributed by atoms with E-state index in [0.717, 1.165) is 53.8 Å². The minimum absolute atomic E-state index is 0.301. The van der Waals surface area contributed by atoms with E-state index in [4.69, 9.17) is 15.5 Å². The van der Waals surface area contributed by atoms with E-state index in [2.05, 4.69) is 21.7 Å². The van der Waals surface area contributed by atoms with Gasteiger partial charge in [0.05, 0.1) is 0 Å². The fraction of sp³-hybridized carbons (Fsp3) is 0.214. The predicted molar refractivity (Wildman–Crippen MR) is 141 cm³/mol. The number of halogens is 1. The normalized spacial score (nSPS) is 13.9. The van der Waals surface area contributed by atoms with Gasteiger partial charge in [-0.05, 0) is 67.6 Å². The maximum absolute atomic E-state index is 14.3. The third-order valence-corrected chi connectivity index (χ3v) is 7.52. The monoisotopic (exact) mass is 499 g/mol. The molecule has 1 aliphatic rings. The molecule has 6 rings (SSSR count). The van der Waals surface area contributed by atoms with Crippen LogP contribution >= 0.6 is 11.5 Å². The van der Waals surface area contributed by atoms with Gasteiger partial charge in [0.2, 0.25) is 0 Å². The summed E-state index contributed by atoms with van der Waals surface area (Å²) in [5.74, 6) is 2.57. The van der Waals surface area contributed by atoms with Crippen molar-refractivity contribution < 1.29 is 9.13 Å². The van der Waals surface area contributed by atoms with Crippen molar-refractivity contribution in [1.29, 1.82) is 0 Å². The van der Waals surface area contributed by atoms with Crippen LogP contribution in [-0.4, -0.2) is 18.3 Å². The summed E-state index contributed by atoms with van der Waals surface area (Å²) in [4.78, 5) is 10.6. The molecule has 2 N–H and O–H groups in total. The average molecular weight is 500 g/mol. The largest absolute Gasteiger partial charge is 0.457 e. The summed E-state index contributed by atoms with van der Waals surface area (Å²) in [5, 5.41) is 0. The van der Waals surface area contributed by atoms with Crippen molar-refractivity contribution in [3.8, 4) is 22.8 Å². The zero-order chi connectivity index (χ0) is 24.8. The highest BCUT2D eigenvalue weighted by Gasteiger charge is 2.29. The number of ether oxygens (including phenoxy) is 1. The van der Waals surface area contributed by atoms with E-state index in [-0.39, 0.29) is 5.82 Å². The fourth-order valence-electron chi connectivity index (χ4n) is 4.80. The summed E-state index contributed by atoms with van der Waals surface area (Å²) in [6.07, 6.45) is 9.25. The summed E-state index contributed by atoms with van der Waals surface area (Å²) in [6.45, 7) is 4.06. The molecule has 1 aliphatic carbocycles. The van der Waals surface area contributed by atoms with Gasteiger partial charge in [-0.2, -0.15) is 0 Å². The van der Waals surface area contributed by atoms with E-state index in [9.17, 15) is 4.39 Å². The lowest BCUT2D eigenvalue weighted by Crippen LogP contribution is -2.15. The minimum Gasteiger partial charge on any atom is -0.457 e. The molecule has 182 valence electrons. The van der Waals surface area contributed by atoms with Crippen LogP contribution in [-0.2, 0) is 19.9 Å². The van der Waals surface area contributed by atoms with Crippen LogP contribution in [0.3, 0.4) is 0 Å². The van der Waals surface area contributed by atoms with Gasteiger partial charge < -0.3 is 14.4 Å². The number of anilines is 1. The molecule has 3 heterocycles. The molecule has 0 spiro atoms. The Morgan fingerprint density at radius 2 is 1.92 bits per heavy atom. The maximum atomic E-state index is 14.3. The number of benzene rings is 2. The summed E-state index contributed by atoms with van der Waals surface area (Å²) in [7, 11) is 2.01. The molecule has 36 heavy (non-hydrogen) atoms. The number of imidazole rings is 1. The predicted octanol–water partition coefficient (Wildman–Crippen LogP) is 6.53. The second-order valence-electron chi connectivity index (χ2n) is 9.36. The number of fused-ring (bicyclic) bond motifs is 1. The van der Waals surface area contributed by atoms with Gasteiger partial charge in [-0.15, -0.1) is 0 Å². The Balaban J connectivity index is 1.24. The Labute approximate surface area is 212 Å². The third-order valence-electron chi connectivity index (χ3n) is 6.59. The van der Waals surface area contributed by atoms with Gasteiger partial charge >= 0.3 is 0 Å². The quantitative estimate of drug-likeness (QED) is 0.259. The zero-order valence-corrected chi connectivity index (χ0v) is 20.8. The molecule has 0 aliphatic heterocycles. The molecule has 6 nitrogen and oxygen atoms in total. The Bertz CT molecular complexity index is 1560. The van der Waals surface area contributed by atoms with Gasteiger partial charge in [0.15, 0.2) is 0 Å². The van der Waals surface area contributed by atoms with Crippen molar-refractivity contribution in [3.05, 3.63) is 95.3 Å². The Morgan fingerprint density at radius 3 is 2.64 bits per heavy atom. The average Bonchev–Trinajstić information content (AvgIpc) is 3.20. The standard InChI is InChI=1S/C28H26FN5OS/c1-17-11-20(12-17)28-32-25(26-27(30)31-9-10-34(26)28)19-4-6-22(7-5-19)35-23-14-18(13-21(29)15-23)3-8-24-16-33(2)36-24/h4-7,9-10,13-16,20H,1,3,8,11-12H2,2H3,(H2,30,31). The van der Waals surface area contributed by atoms with E-state index in [1.165, 1.54) is 16.5 Å². The van der Waals surface area contributed by atoms with Crippen molar-refractivity contribution in [2.24, 2.45) is 7.05 Å². The van der Waals surface area contributed by atoms with Crippen LogP contribution in [0.5, 0.6) is 11.5 Å². The number of aryl methyl sites for hydroxylation is 3. The topological polar surface area (TPSA) is 70.4 Å². The zero-order valence-electron chi connectivity index (χ0n) is 19.9. The molecular formula is C28H26FN5OS. The molecule has 1 fully saturated rings. The van der Waals surface area contributed by atoms with Gasteiger partial charge in [-0.3, -0.25) is 4.40 Å². The fourth-order valence-corrected chi connectivity index (χ4v) is 5.59. The highest BCUT2D eigenvalue weighted by Crippen LogP contribution is 2.42. The first-order valence-corrected chi connectivity index (χ1v) is 12.7. The molecule has 1 saturated carbocycles. The van der Waals surface area contributed by atoms with E-state index >= 15 is 0 Å². The first kappa shape index (κ1) is 22.5. The molecular weight excluding hydrogens is 473 g/mol. The van der Waals surface area contributed by atoms with Gasteiger partial charge in [0.1, 0.15) is 40.2 Å². The number of aromatic nitrogens is 4. The molecule has 0 amide bonds. The van der Waals surface area contributed by atoms with E-state index in [1.807, 2.05) is 48.0 Å². The smallest absolute Gasteiger partial charge is 0.150 e. The maximum Gasteiger partial charge on any atom is 0.150 e. The summed E-state index contributed by atoms with van der Waals surface area (Å²) >= 11 is 1.71. The van der Waals surface area contributed by atoms with Crippen LogP contribution in [0.25, 0.3) is 16.8 Å². The Hall–Kier alpha value is -3.91. The van der Waals surface area contributed by atoms with Crippen molar-refractivity contribution in [2.45, 2.75) is 31.6 Å². The highest BCUT2D eigenvalue weighted by molar-refractivity contribution is 7.07. The number of nitrogens with two attached hydrogens (primary N) is 1. The van der Waals surface area contributed by atoms with E-state index in [0.29, 0.717) is 23.2 Å².